The summed E-state index contributed by atoms with van der Waals surface area (Å²) < 4.78 is 43.8. The van der Waals surface area contributed by atoms with Gasteiger partial charge in [0.1, 0.15) is 0 Å². The molecule has 2 aromatic carbocycles. The average Bonchev–Trinajstić information content (AvgIpc) is 2.49. The van der Waals surface area contributed by atoms with E-state index in [0.717, 1.165) is 11.0 Å². The van der Waals surface area contributed by atoms with Crippen LogP contribution in [0.2, 0.25) is 0 Å². The Hall–Kier alpha value is -1.22. The maximum absolute atomic E-state index is 12.9. The van der Waals surface area contributed by atoms with E-state index in [2.05, 4.69) is 0 Å². The second-order valence-corrected chi connectivity index (χ2v) is 6.80. The molecule has 0 aromatic heterocycles. The van der Waals surface area contributed by atoms with E-state index < -0.39 is 17.7 Å². The number of carbonyl (C=O) groups excluding carboxylic acids is 1. The third-order valence-electron chi connectivity index (χ3n) is 2.84. The molecule has 0 aliphatic carbocycles. The maximum Gasteiger partial charge on any atom is 0.417 e. The Balaban J connectivity index is 2.18. The zero-order valence-electron chi connectivity index (χ0n) is 12.0. The summed E-state index contributed by atoms with van der Waals surface area (Å²) in [5.41, 5.74) is -0.235. The summed E-state index contributed by atoms with van der Waals surface area (Å²) in [7, 11) is 0. The molecule has 0 fully saturated rings. The van der Waals surface area contributed by atoms with Crippen molar-refractivity contribution in [1.82, 2.24) is 0 Å². The molecule has 0 aliphatic rings. The molecule has 0 unspecified atom stereocenters. The van der Waals surface area contributed by atoms with Crippen LogP contribution in [0.4, 0.5) is 13.2 Å². The van der Waals surface area contributed by atoms with Gasteiger partial charge in [-0.3, -0.25) is 0 Å². The van der Waals surface area contributed by atoms with Gasteiger partial charge in [0.15, 0.2) is 0 Å². The number of halogens is 4. The smallest absolute Gasteiger partial charge is 0.417 e. The van der Waals surface area contributed by atoms with Crippen LogP contribution in [0.25, 0.3) is 0 Å². The molecule has 7 heteroatoms. The van der Waals surface area contributed by atoms with Gasteiger partial charge in [-0.1, -0.05) is 11.8 Å². The van der Waals surface area contributed by atoms with E-state index in [0.29, 0.717) is 10.5 Å². The zero-order chi connectivity index (χ0) is 17.0. The van der Waals surface area contributed by atoms with Crippen molar-refractivity contribution in [3.63, 3.8) is 0 Å². The molecule has 0 bridgehead atoms. The fourth-order valence-corrected chi connectivity index (χ4v) is 3.29. The van der Waals surface area contributed by atoms with E-state index in [1.807, 2.05) is 0 Å². The van der Waals surface area contributed by atoms with Gasteiger partial charge in [0, 0.05) is 13.4 Å². The molecule has 0 saturated heterocycles. The summed E-state index contributed by atoms with van der Waals surface area (Å²) in [6.45, 7) is 2.01. The van der Waals surface area contributed by atoms with Crippen LogP contribution in [-0.2, 0) is 10.9 Å². The minimum absolute atomic E-state index is 0.164. The van der Waals surface area contributed by atoms with Gasteiger partial charge in [-0.2, -0.15) is 13.2 Å². The lowest BCUT2D eigenvalue weighted by Gasteiger charge is -2.11. The SMILES string of the molecule is CCOC(=O)c1ccc(Sc2ccc(I)c(C(F)(F)F)c2)cc1. The molecule has 2 aromatic rings. The molecule has 0 atom stereocenters. The van der Waals surface area contributed by atoms with E-state index in [1.165, 1.54) is 17.8 Å². The molecule has 0 heterocycles. The highest BCUT2D eigenvalue weighted by Gasteiger charge is 2.33. The van der Waals surface area contributed by atoms with Crippen LogP contribution in [0.15, 0.2) is 52.3 Å². The van der Waals surface area contributed by atoms with Gasteiger partial charge in [-0.05, 0) is 72.0 Å². The lowest BCUT2D eigenvalue weighted by molar-refractivity contribution is -0.138. The first-order valence-corrected chi connectivity index (χ1v) is 8.52. The van der Waals surface area contributed by atoms with Crippen LogP contribution in [0.3, 0.4) is 0 Å². The molecule has 2 nitrogen and oxygen atoms in total. The van der Waals surface area contributed by atoms with Crippen molar-refractivity contribution in [3.8, 4) is 0 Å². The van der Waals surface area contributed by atoms with Crippen LogP contribution in [0, 0.1) is 3.57 Å². The highest BCUT2D eigenvalue weighted by molar-refractivity contribution is 14.1. The van der Waals surface area contributed by atoms with Crippen molar-refractivity contribution in [2.24, 2.45) is 0 Å². The topological polar surface area (TPSA) is 26.3 Å². The van der Waals surface area contributed by atoms with Crippen molar-refractivity contribution in [1.29, 1.82) is 0 Å². The Morgan fingerprint density at radius 2 is 1.74 bits per heavy atom. The second kappa shape index (κ2) is 7.57. The first-order chi connectivity index (χ1) is 10.8. The Bertz CT molecular complexity index is 699. The van der Waals surface area contributed by atoms with Crippen LogP contribution in [0.5, 0.6) is 0 Å². The van der Waals surface area contributed by atoms with Crippen LogP contribution >= 0.6 is 34.4 Å². The highest BCUT2D eigenvalue weighted by Crippen LogP contribution is 2.37. The Morgan fingerprint density at radius 3 is 2.30 bits per heavy atom. The second-order valence-electron chi connectivity index (χ2n) is 4.49. The normalized spacial score (nSPS) is 11.3. The van der Waals surface area contributed by atoms with Gasteiger partial charge >= 0.3 is 12.1 Å². The number of hydrogen-bond donors (Lipinski definition) is 0. The molecular weight excluding hydrogens is 440 g/mol. The zero-order valence-corrected chi connectivity index (χ0v) is 15.0. The van der Waals surface area contributed by atoms with Crippen molar-refractivity contribution < 1.29 is 22.7 Å². The van der Waals surface area contributed by atoms with Gasteiger partial charge in [-0.25, -0.2) is 4.79 Å². The molecule has 0 aliphatic heterocycles. The molecule has 2 rings (SSSR count). The van der Waals surface area contributed by atoms with Gasteiger partial charge in [0.25, 0.3) is 0 Å². The van der Waals surface area contributed by atoms with Crippen molar-refractivity contribution in [2.75, 3.05) is 6.61 Å². The van der Waals surface area contributed by atoms with E-state index in [9.17, 15) is 18.0 Å². The maximum atomic E-state index is 12.9. The Labute approximate surface area is 149 Å². The lowest BCUT2D eigenvalue weighted by atomic mass is 10.2. The standard InChI is InChI=1S/C16H12F3IO2S/c1-2-22-15(21)10-3-5-11(6-4-10)23-12-7-8-14(20)13(9-12)16(17,18)19/h3-9H,2H2,1H3. The monoisotopic (exact) mass is 452 g/mol. The fraction of sp³-hybridized carbons (Fsp3) is 0.188. The third kappa shape index (κ3) is 4.87. The summed E-state index contributed by atoms with van der Waals surface area (Å²) in [5, 5.41) is 0. The first-order valence-electron chi connectivity index (χ1n) is 6.63. The largest absolute Gasteiger partial charge is 0.462 e. The molecular formula is C16H12F3IO2S. The molecule has 0 radical (unpaired) electrons. The summed E-state index contributed by atoms with van der Waals surface area (Å²) >= 11 is 2.88. The average molecular weight is 452 g/mol. The predicted molar refractivity (Wildman–Crippen MR) is 90.7 cm³/mol. The number of benzene rings is 2. The van der Waals surface area contributed by atoms with E-state index in [-0.39, 0.29) is 10.2 Å². The summed E-state index contributed by atoms with van der Waals surface area (Å²) in [5.74, 6) is -0.419. The fourth-order valence-electron chi connectivity index (χ4n) is 1.79. The van der Waals surface area contributed by atoms with Crippen molar-refractivity contribution in [2.45, 2.75) is 22.9 Å². The quantitative estimate of drug-likeness (QED) is 0.444. The van der Waals surface area contributed by atoms with Crippen LogP contribution in [0.1, 0.15) is 22.8 Å². The lowest BCUT2D eigenvalue weighted by Crippen LogP contribution is -2.07. The summed E-state index contributed by atoms with van der Waals surface area (Å²) in [6.07, 6.45) is -4.37. The molecule has 23 heavy (non-hydrogen) atoms. The molecule has 0 spiro atoms. The van der Waals surface area contributed by atoms with Gasteiger partial charge in [0.05, 0.1) is 17.7 Å². The molecule has 0 saturated carbocycles. The predicted octanol–water partition coefficient (Wildman–Crippen LogP) is 5.64. The van der Waals surface area contributed by atoms with Gasteiger partial charge in [0.2, 0.25) is 0 Å². The van der Waals surface area contributed by atoms with Crippen molar-refractivity contribution >= 4 is 40.3 Å². The Kier molecular flexibility index (Phi) is 5.96. The van der Waals surface area contributed by atoms with Crippen LogP contribution in [-0.4, -0.2) is 12.6 Å². The van der Waals surface area contributed by atoms with E-state index in [4.69, 9.17) is 4.74 Å². The van der Waals surface area contributed by atoms with Crippen LogP contribution < -0.4 is 0 Å². The number of esters is 1. The van der Waals surface area contributed by atoms with Gasteiger partial charge < -0.3 is 4.74 Å². The van der Waals surface area contributed by atoms with E-state index in [1.54, 1.807) is 59.8 Å². The number of rotatable bonds is 4. The summed E-state index contributed by atoms with van der Waals surface area (Å²) in [6, 6.07) is 10.8. The Morgan fingerprint density at radius 1 is 1.13 bits per heavy atom. The number of carbonyl (C=O) groups is 1. The molecule has 0 N–H and O–H groups in total. The number of ether oxygens (including phenoxy) is 1. The number of alkyl halides is 3. The highest BCUT2D eigenvalue weighted by atomic mass is 127. The van der Waals surface area contributed by atoms with E-state index >= 15 is 0 Å². The molecule has 0 amide bonds. The van der Waals surface area contributed by atoms with Crippen molar-refractivity contribution in [3.05, 3.63) is 57.2 Å². The number of hydrogen-bond acceptors (Lipinski definition) is 3. The minimum atomic E-state index is -4.37. The summed E-state index contributed by atoms with van der Waals surface area (Å²) in [4.78, 5) is 12.8. The minimum Gasteiger partial charge on any atom is -0.462 e. The molecule has 122 valence electrons. The first kappa shape index (κ1) is 18.1. The van der Waals surface area contributed by atoms with Gasteiger partial charge in [-0.15, -0.1) is 0 Å². The third-order valence-corrected chi connectivity index (χ3v) is 4.78.